The molecule has 0 amide bonds. The van der Waals surface area contributed by atoms with E-state index in [2.05, 4.69) is 52.4 Å². The van der Waals surface area contributed by atoms with Crippen LogP contribution in [0.1, 0.15) is 18.4 Å². The zero-order valence-corrected chi connectivity index (χ0v) is 12.8. The molecule has 2 nitrogen and oxygen atoms in total. The molecule has 0 heterocycles. The number of rotatable bonds is 7. The fourth-order valence-electron chi connectivity index (χ4n) is 1.56. The van der Waals surface area contributed by atoms with Gasteiger partial charge in [-0.3, -0.25) is 0 Å². The molecule has 0 atom stereocenters. The summed E-state index contributed by atoms with van der Waals surface area (Å²) in [5.41, 5.74) is 1.26. The standard InChI is InChI=1S/C13H20BrClN2/c1-17(2)8-4-3-7-16-10-11-5-6-13(15)12(14)9-11/h5-6,9,16H,3-4,7-8,10H2,1-2H3. The van der Waals surface area contributed by atoms with Crippen LogP contribution in [0.3, 0.4) is 0 Å². The summed E-state index contributed by atoms with van der Waals surface area (Å²) >= 11 is 9.37. The molecule has 1 aromatic carbocycles. The molecule has 0 aliphatic carbocycles. The first-order valence-corrected chi connectivity index (χ1v) is 7.06. The van der Waals surface area contributed by atoms with E-state index in [0.29, 0.717) is 0 Å². The van der Waals surface area contributed by atoms with Gasteiger partial charge in [0.25, 0.3) is 0 Å². The zero-order chi connectivity index (χ0) is 12.7. The second-order valence-corrected chi connectivity index (χ2v) is 5.70. The lowest BCUT2D eigenvalue weighted by atomic mass is 10.2. The average Bonchev–Trinajstić information content (AvgIpc) is 2.27. The Labute approximate surface area is 117 Å². The predicted molar refractivity (Wildman–Crippen MR) is 78.6 cm³/mol. The third-order valence-corrected chi connectivity index (χ3v) is 3.74. The minimum atomic E-state index is 0.764. The van der Waals surface area contributed by atoms with Gasteiger partial charge in [0, 0.05) is 11.0 Å². The van der Waals surface area contributed by atoms with Gasteiger partial charge >= 0.3 is 0 Å². The van der Waals surface area contributed by atoms with Crippen LogP contribution in [0, 0.1) is 0 Å². The first-order valence-electron chi connectivity index (χ1n) is 5.89. The van der Waals surface area contributed by atoms with Gasteiger partial charge in [-0.25, -0.2) is 0 Å². The number of nitrogens with one attached hydrogen (secondary N) is 1. The van der Waals surface area contributed by atoms with Gasteiger partial charge in [-0.2, -0.15) is 0 Å². The molecule has 1 rings (SSSR count). The number of unbranched alkanes of at least 4 members (excludes halogenated alkanes) is 1. The van der Waals surface area contributed by atoms with E-state index in [1.165, 1.54) is 18.4 Å². The minimum Gasteiger partial charge on any atom is -0.313 e. The third kappa shape index (κ3) is 6.41. The number of hydrogen-bond acceptors (Lipinski definition) is 2. The fourth-order valence-corrected chi connectivity index (χ4v) is 2.10. The van der Waals surface area contributed by atoms with Gasteiger partial charge in [0.2, 0.25) is 0 Å². The van der Waals surface area contributed by atoms with Crippen LogP contribution in [-0.4, -0.2) is 32.1 Å². The first-order chi connectivity index (χ1) is 8.09. The van der Waals surface area contributed by atoms with Crippen molar-refractivity contribution < 1.29 is 0 Å². The van der Waals surface area contributed by atoms with Gasteiger partial charge in [-0.15, -0.1) is 0 Å². The predicted octanol–water partition coefficient (Wildman–Crippen LogP) is 3.53. The van der Waals surface area contributed by atoms with Crippen molar-refractivity contribution in [2.24, 2.45) is 0 Å². The fraction of sp³-hybridized carbons (Fsp3) is 0.538. The summed E-state index contributed by atoms with van der Waals surface area (Å²) in [5.74, 6) is 0. The highest BCUT2D eigenvalue weighted by atomic mass is 79.9. The maximum absolute atomic E-state index is 5.94. The third-order valence-electron chi connectivity index (χ3n) is 2.52. The summed E-state index contributed by atoms with van der Waals surface area (Å²) in [6.45, 7) is 3.12. The maximum Gasteiger partial charge on any atom is 0.0548 e. The van der Waals surface area contributed by atoms with E-state index in [9.17, 15) is 0 Å². The van der Waals surface area contributed by atoms with Crippen LogP contribution in [0.4, 0.5) is 0 Å². The molecule has 0 spiro atoms. The van der Waals surface area contributed by atoms with Crippen molar-refractivity contribution in [1.82, 2.24) is 10.2 Å². The van der Waals surface area contributed by atoms with Crippen LogP contribution < -0.4 is 5.32 Å². The summed E-state index contributed by atoms with van der Waals surface area (Å²) in [4.78, 5) is 2.22. The van der Waals surface area contributed by atoms with Gasteiger partial charge in [0.1, 0.15) is 0 Å². The van der Waals surface area contributed by atoms with E-state index in [0.717, 1.165) is 29.1 Å². The summed E-state index contributed by atoms with van der Waals surface area (Å²) in [7, 11) is 4.22. The first kappa shape index (κ1) is 15.0. The molecule has 1 aromatic rings. The largest absolute Gasteiger partial charge is 0.313 e. The van der Waals surface area contributed by atoms with Crippen LogP contribution in [0.2, 0.25) is 5.02 Å². The highest BCUT2D eigenvalue weighted by Gasteiger charge is 1.98. The van der Waals surface area contributed by atoms with E-state index in [4.69, 9.17) is 11.6 Å². The highest BCUT2D eigenvalue weighted by Crippen LogP contribution is 2.22. The molecule has 17 heavy (non-hydrogen) atoms. The van der Waals surface area contributed by atoms with Crippen molar-refractivity contribution >= 4 is 27.5 Å². The van der Waals surface area contributed by atoms with Crippen LogP contribution in [0.25, 0.3) is 0 Å². The molecule has 0 aromatic heterocycles. The lowest BCUT2D eigenvalue weighted by Crippen LogP contribution is -2.18. The molecular weight excluding hydrogens is 300 g/mol. The number of hydrogen-bond donors (Lipinski definition) is 1. The van der Waals surface area contributed by atoms with Crippen LogP contribution in [-0.2, 0) is 6.54 Å². The topological polar surface area (TPSA) is 15.3 Å². The van der Waals surface area contributed by atoms with Crippen molar-refractivity contribution in [3.8, 4) is 0 Å². The Hall–Kier alpha value is -0.0900. The van der Waals surface area contributed by atoms with Gasteiger partial charge in [0.15, 0.2) is 0 Å². The molecule has 0 unspecified atom stereocenters. The molecule has 0 radical (unpaired) electrons. The van der Waals surface area contributed by atoms with Crippen LogP contribution >= 0.6 is 27.5 Å². The summed E-state index contributed by atoms with van der Waals surface area (Å²) in [5, 5.41) is 4.20. The van der Waals surface area contributed by atoms with E-state index >= 15 is 0 Å². The smallest absolute Gasteiger partial charge is 0.0548 e. The van der Waals surface area contributed by atoms with Gasteiger partial charge in [-0.1, -0.05) is 17.7 Å². The van der Waals surface area contributed by atoms with Crippen molar-refractivity contribution in [3.63, 3.8) is 0 Å². The highest BCUT2D eigenvalue weighted by molar-refractivity contribution is 9.10. The molecule has 4 heteroatoms. The Bertz CT molecular complexity index is 342. The Morgan fingerprint density at radius 1 is 1.29 bits per heavy atom. The quantitative estimate of drug-likeness (QED) is 0.773. The van der Waals surface area contributed by atoms with E-state index in [1.807, 2.05) is 6.07 Å². The Morgan fingerprint density at radius 2 is 2.06 bits per heavy atom. The summed E-state index contributed by atoms with van der Waals surface area (Å²) < 4.78 is 0.964. The van der Waals surface area contributed by atoms with Crippen LogP contribution in [0.5, 0.6) is 0 Å². The number of benzene rings is 1. The molecule has 1 N–H and O–H groups in total. The molecule has 0 fully saturated rings. The monoisotopic (exact) mass is 318 g/mol. The molecule has 0 aliphatic heterocycles. The minimum absolute atomic E-state index is 0.764. The molecule has 96 valence electrons. The number of nitrogens with zero attached hydrogens (tertiary/aromatic N) is 1. The zero-order valence-electron chi connectivity index (χ0n) is 10.5. The SMILES string of the molecule is CN(C)CCCCNCc1ccc(Cl)c(Br)c1. The molecule has 0 bridgehead atoms. The Kier molecular flexibility index (Phi) is 7.12. The average molecular weight is 320 g/mol. The van der Waals surface area contributed by atoms with Gasteiger partial charge in [0.05, 0.1) is 5.02 Å². The molecule has 0 aliphatic rings. The molecule has 0 saturated carbocycles. The van der Waals surface area contributed by atoms with Crippen molar-refractivity contribution in [1.29, 1.82) is 0 Å². The van der Waals surface area contributed by atoms with Crippen molar-refractivity contribution in [2.45, 2.75) is 19.4 Å². The second kappa shape index (κ2) is 8.09. The van der Waals surface area contributed by atoms with Crippen molar-refractivity contribution in [2.75, 3.05) is 27.2 Å². The lowest BCUT2D eigenvalue weighted by molar-refractivity contribution is 0.391. The lowest BCUT2D eigenvalue weighted by Gasteiger charge is -2.09. The second-order valence-electron chi connectivity index (χ2n) is 4.44. The van der Waals surface area contributed by atoms with Crippen molar-refractivity contribution in [3.05, 3.63) is 33.3 Å². The molecule has 0 saturated heterocycles. The molecular formula is C13H20BrClN2. The van der Waals surface area contributed by atoms with Gasteiger partial charge in [-0.05, 0) is 73.7 Å². The maximum atomic E-state index is 5.94. The van der Waals surface area contributed by atoms with Gasteiger partial charge < -0.3 is 10.2 Å². The van der Waals surface area contributed by atoms with E-state index in [-0.39, 0.29) is 0 Å². The van der Waals surface area contributed by atoms with E-state index < -0.39 is 0 Å². The van der Waals surface area contributed by atoms with E-state index in [1.54, 1.807) is 0 Å². The normalized spacial score (nSPS) is 11.1. The Balaban J connectivity index is 2.16. The Morgan fingerprint density at radius 3 is 2.71 bits per heavy atom. The summed E-state index contributed by atoms with van der Waals surface area (Å²) in [6, 6.07) is 6.05. The number of halogens is 2. The summed E-state index contributed by atoms with van der Waals surface area (Å²) in [6.07, 6.45) is 2.46. The van der Waals surface area contributed by atoms with Crippen LogP contribution in [0.15, 0.2) is 22.7 Å².